The standard InChI is InChI=1S/C28H33F2N5O4S/c1-16-13-33-26(40-16)19-10-18(25(36)34-17(2)20-14-31-24(23(29)30)32-15-20)11-22(12-19)38-21-6-8-35(9-7-21)27(37)39-28(3,4)5/h10-15,17,21,23H,6-9H2,1-5H3,(H,34,36)/t17-/m1/s1. The van der Waals surface area contributed by atoms with Gasteiger partial charge < -0.3 is 19.7 Å². The summed E-state index contributed by atoms with van der Waals surface area (Å²) in [7, 11) is 0. The van der Waals surface area contributed by atoms with Crippen molar-refractivity contribution in [3.8, 4) is 16.3 Å². The molecule has 0 unspecified atom stereocenters. The van der Waals surface area contributed by atoms with Gasteiger partial charge in [-0.25, -0.2) is 28.5 Å². The molecule has 1 fully saturated rings. The van der Waals surface area contributed by atoms with Gasteiger partial charge in [0, 0.05) is 66.1 Å². The number of alkyl halides is 2. The van der Waals surface area contributed by atoms with E-state index < -0.39 is 23.9 Å². The summed E-state index contributed by atoms with van der Waals surface area (Å²) in [5.41, 5.74) is 1.04. The van der Waals surface area contributed by atoms with Gasteiger partial charge in [0.25, 0.3) is 12.3 Å². The van der Waals surface area contributed by atoms with Crippen molar-refractivity contribution < 1.29 is 27.8 Å². The van der Waals surface area contributed by atoms with E-state index >= 15 is 0 Å². The number of piperidine rings is 1. The number of hydrogen-bond donors (Lipinski definition) is 1. The van der Waals surface area contributed by atoms with Gasteiger partial charge in [0.05, 0.1) is 6.04 Å². The third-order valence-corrected chi connectivity index (χ3v) is 7.13. The maximum atomic E-state index is 13.3. The van der Waals surface area contributed by atoms with Crippen molar-refractivity contribution in [3.63, 3.8) is 0 Å². The Morgan fingerprint density at radius 2 is 1.75 bits per heavy atom. The van der Waals surface area contributed by atoms with Crippen LogP contribution in [-0.4, -0.2) is 56.6 Å². The van der Waals surface area contributed by atoms with E-state index in [0.717, 1.165) is 15.4 Å². The number of amides is 2. The van der Waals surface area contributed by atoms with Crippen molar-refractivity contribution in [1.82, 2.24) is 25.2 Å². The third-order valence-electron chi connectivity index (χ3n) is 6.17. The number of thiazole rings is 1. The Kier molecular flexibility index (Phi) is 8.97. The molecule has 0 aliphatic carbocycles. The number of benzene rings is 1. The van der Waals surface area contributed by atoms with Crippen LogP contribution in [0.5, 0.6) is 5.75 Å². The molecule has 9 nitrogen and oxygen atoms in total. The summed E-state index contributed by atoms with van der Waals surface area (Å²) in [5, 5.41) is 3.63. The van der Waals surface area contributed by atoms with Crippen LogP contribution in [0.4, 0.5) is 13.6 Å². The molecule has 2 amide bonds. The molecule has 0 radical (unpaired) electrons. The van der Waals surface area contributed by atoms with E-state index in [9.17, 15) is 18.4 Å². The molecule has 1 aliphatic heterocycles. The van der Waals surface area contributed by atoms with E-state index in [4.69, 9.17) is 9.47 Å². The molecule has 1 atom stereocenters. The average Bonchev–Trinajstić information content (AvgIpc) is 3.34. The van der Waals surface area contributed by atoms with E-state index in [1.165, 1.54) is 23.7 Å². The van der Waals surface area contributed by atoms with Crippen molar-refractivity contribution in [2.24, 2.45) is 0 Å². The highest BCUT2D eigenvalue weighted by molar-refractivity contribution is 7.14. The van der Waals surface area contributed by atoms with Crippen LogP contribution in [0, 0.1) is 6.92 Å². The SMILES string of the molecule is Cc1cnc(-c2cc(OC3CCN(C(=O)OC(C)(C)C)CC3)cc(C(=O)N[C@H](C)c3cnc(C(F)F)nc3)c2)s1. The molecular formula is C28H33F2N5O4S. The Morgan fingerprint density at radius 1 is 1.07 bits per heavy atom. The van der Waals surface area contributed by atoms with Crippen molar-refractivity contribution in [1.29, 1.82) is 0 Å². The number of likely N-dealkylation sites (tertiary alicyclic amines) is 1. The highest BCUT2D eigenvalue weighted by atomic mass is 32.1. The number of aryl methyl sites for hydroxylation is 1. The first kappa shape index (κ1) is 29.3. The molecule has 40 heavy (non-hydrogen) atoms. The number of carbonyl (C=O) groups excluding carboxylic acids is 2. The van der Waals surface area contributed by atoms with Gasteiger partial charge in [-0.05, 0) is 52.8 Å². The van der Waals surface area contributed by atoms with Crippen LogP contribution in [0.15, 0.2) is 36.8 Å². The molecule has 0 saturated carbocycles. The molecular weight excluding hydrogens is 540 g/mol. The van der Waals surface area contributed by atoms with Crippen molar-refractivity contribution in [2.45, 2.75) is 71.6 Å². The van der Waals surface area contributed by atoms with E-state index in [1.54, 1.807) is 30.2 Å². The minimum absolute atomic E-state index is 0.146. The second-order valence-electron chi connectivity index (χ2n) is 10.7. The zero-order valence-corrected chi connectivity index (χ0v) is 23.9. The van der Waals surface area contributed by atoms with Crippen LogP contribution in [0.25, 0.3) is 10.6 Å². The van der Waals surface area contributed by atoms with Crippen LogP contribution in [0.1, 0.15) is 79.6 Å². The highest BCUT2D eigenvalue weighted by Crippen LogP contribution is 2.31. The fraction of sp³-hybridized carbons (Fsp3) is 0.464. The Hall–Kier alpha value is -3.67. The van der Waals surface area contributed by atoms with Gasteiger partial charge in [-0.1, -0.05) is 0 Å². The summed E-state index contributed by atoms with van der Waals surface area (Å²) >= 11 is 1.50. The molecule has 12 heteroatoms. The number of halogens is 2. The summed E-state index contributed by atoms with van der Waals surface area (Å²) in [6, 6.07) is 4.75. The summed E-state index contributed by atoms with van der Waals surface area (Å²) < 4.78 is 37.4. The molecule has 1 N–H and O–H groups in total. The van der Waals surface area contributed by atoms with Gasteiger partial charge in [0.15, 0.2) is 5.82 Å². The van der Waals surface area contributed by atoms with Crippen molar-refractivity contribution in [2.75, 3.05) is 13.1 Å². The second-order valence-corrected chi connectivity index (χ2v) is 11.9. The number of rotatable bonds is 7. The van der Waals surface area contributed by atoms with E-state index in [2.05, 4.69) is 20.3 Å². The quantitative estimate of drug-likeness (QED) is 0.363. The molecule has 4 rings (SSSR count). The maximum absolute atomic E-state index is 13.3. The average molecular weight is 574 g/mol. The molecule has 2 aromatic heterocycles. The molecule has 3 aromatic rings. The molecule has 3 heterocycles. The number of nitrogens with zero attached hydrogens (tertiary/aromatic N) is 4. The van der Waals surface area contributed by atoms with Gasteiger partial charge in [-0.2, -0.15) is 0 Å². The van der Waals surface area contributed by atoms with Crippen molar-refractivity contribution >= 4 is 23.3 Å². The number of ether oxygens (including phenoxy) is 2. The lowest BCUT2D eigenvalue weighted by atomic mass is 10.1. The van der Waals surface area contributed by atoms with Gasteiger partial charge in [0.2, 0.25) is 0 Å². The fourth-order valence-electron chi connectivity index (χ4n) is 4.13. The monoisotopic (exact) mass is 573 g/mol. The molecule has 0 bridgehead atoms. The smallest absolute Gasteiger partial charge is 0.410 e. The first-order chi connectivity index (χ1) is 18.9. The zero-order chi connectivity index (χ0) is 29.0. The van der Waals surface area contributed by atoms with Crippen LogP contribution < -0.4 is 10.1 Å². The number of hydrogen-bond acceptors (Lipinski definition) is 8. The Bertz CT molecular complexity index is 1340. The van der Waals surface area contributed by atoms with E-state index in [-0.39, 0.29) is 18.1 Å². The number of nitrogens with one attached hydrogen (secondary N) is 1. The lowest BCUT2D eigenvalue weighted by Crippen LogP contribution is -2.44. The molecule has 1 saturated heterocycles. The van der Waals surface area contributed by atoms with Gasteiger partial charge >= 0.3 is 6.09 Å². The molecule has 1 aliphatic rings. The van der Waals surface area contributed by atoms with Crippen LogP contribution >= 0.6 is 11.3 Å². The topological polar surface area (TPSA) is 107 Å². The summed E-state index contributed by atoms with van der Waals surface area (Å²) in [5.74, 6) is -0.416. The largest absolute Gasteiger partial charge is 0.490 e. The fourth-order valence-corrected chi connectivity index (χ4v) is 4.88. The minimum Gasteiger partial charge on any atom is -0.490 e. The zero-order valence-electron chi connectivity index (χ0n) is 23.1. The number of aromatic nitrogens is 3. The Labute approximate surface area is 236 Å². The minimum atomic E-state index is -2.76. The second kappa shape index (κ2) is 12.2. The van der Waals surface area contributed by atoms with Crippen LogP contribution in [-0.2, 0) is 4.74 Å². The van der Waals surface area contributed by atoms with E-state index in [0.29, 0.717) is 42.8 Å². The maximum Gasteiger partial charge on any atom is 0.410 e. The van der Waals surface area contributed by atoms with Gasteiger partial charge in [-0.3, -0.25) is 4.79 Å². The molecule has 214 valence electrons. The Morgan fingerprint density at radius 3 is 2.33 bits per heavy atom. The highest BCUT2D eigenvalue weighted by Gasteiger charge is 2.28. The predicted octanol–water partition coefficient (Wildman–Crippen LogP) is 6.12. The van der Waals surface area contributed by atoms with Gasteiger partial charge in [-0.15, -0.1) is 11.3 Å². The Balaban J connectivity index is 1.48. The molecule has 0 spiro atoms. The van der Waals surface area contributed by atoms with Crippen LogP contribution in [0.3, 0.4) is 0 Å². The summed E-state index contributed by atoms with van der Waals surface area (Å²) in [4.78, 5) is 40.2. The van der Waals surface area contributed by atoms with Crippen molar-refractivity contribution in [3.05, 3.63) is 58.6 Å². The lowest BCUT2D eigenvalue weighted by Gasteiger charge is -2.33. The first-order valence-corrected chi connectivity index (χ1v) is 13.8. The van der Waals surface area contributed by atoms with E-state index in [1.807, 2.05) is 33.8 Å². The number of carbonyl (C=O) groups is 2. The van der Waals surface area contributed by atoms with Crippen LogP contribution in [0.2, 0.25) is 0 Å². The predicted molar refractivity (Wildman–Crippen MR) is 147 cm³/mol. The normalized spacial score (nSPS) is 15.2. The lowest BCUT2D eigenvalue weighted by molar-refractivity contribution is 0.0126. The summed E-state index contributed by atoms with van der Waals surface area (Å²) in [6.07, 6.45) is 2.32. The molecule has 1 aromatic carbocycles. The third kappa shape index (κ3) is 7.71. The van der Waals surface area contributed by atoms with Gasteiger partial charge in [0.1, 0.15) is 22.5 Å². The summed E-state index contributed by atoms with van der Waals surface area (Å²) in [6.45, 7) is 10.2. The first-order valence-electron chi connectivity index (χ1n) is 13.0.